The molecule has 4 rings (SSSR count). The number of nitrogens with one attached hydrogen (secondary N) is 2. The molecule has 7 heteroatoms. The minimum atomic E-state index is -3.50. The zero-order valence-corrected chi connectivity index (χ0v) is 17.3. The number of rotatable bonds is 4. The molecule has 6 nitrogen and oxygen atoms in total. The summed E-state index contributed by atoms with van der Waals surface area (Å²) in [5.41, 5.74) is 2.13. The zero-order chi connectivity index (χ0) is 19.7. The maximum atomic E-state index is 13.1. The molecule has 1 aliphatic carbocycles. The van der Waals surface area contributed by atoms with Crippen LogP contribution in [0.5, 0.6) is 0 Å². The number of hydrogen-bond acceptors (Lipinski definition) is 3. The standard InChI is InChI=1S/C21H29N3O3S/c1-15-18-14-17(28(26,27)24-12-6-2-3-7-13-24)10-11-19(18)23-20(15)21(25)22-16-8-4-5-9-16/h10-11,14,16,23H,2-9,12-13H2,1H3,(H,22,25). The lowest BCUT2D eigenvalue weighted by molar-refractivity contribution is 0.0933. The van der Waals surface area contributed by atoms with E-state index in [0.29, 0.717) is 23.7 Å². The molecule has 1 amide bonds. The van der Waals surface area contributed by atoms with Gasteiger partial charge in [-0.2, -0.15) is 4.31 Å². The summed E-state index contributed by atoms with van der Waals surface area (Å²) in [6.07, 6.45) is 8.38. The lowest BCUT2D eigenvalue weighted by Gasteiger charge is -2.20. The molecule has 0 spiro atoms. The first kappa shape index (κ1) is 19.5. The lowest BCUT2D eigenvalue weighted by Crippen LogP contribution is -2.33. The molecule has 0 bridgehead atoms. The molecule has 1 aliphatic heterocycles. The van der Waals surface area contributed by atoms with E-state index in [4.69, 9.17) is 0 Å². The van der Waals surface area contributed by atoms with Crippen LogP contribution in [0.2, 0.25) is 0 Å². The molecule has 1 aromatic heterocycles. The van der Waals surface area contributed by atoms with Gasteiger partial charge in [0.1, 0.15) is 5.69 Å². The van der Waals surface area contributed by atoms with Crippen molar-refractivity contribution in [2.24, 2.45) is 0 Å². The second-order valence-electron chi connectivity index (χ2n) is 8.11. The van der Waals surface area contributed by atoms with Crippen LogP contribution in [0.1, 0.15) is 67.4 Å². The van der Waals surface area contributed by atoms with Gasteiger partial charge in [-0.25, -0.2) is 8.42 Å². The zero-order valence-electron chi connectivity index (χ0n) is 16.5. The molecule has 0 unspecified atom stereocenters. The highest BCUT2D eigenvalue weighted by Crippen LogP contribution is 2.28. The topological polar surface area (TPSA) is 82.3 Å². The van der Waals surface area contributed by atoms with Crippen LogP contribution in [-0.2, 0) is 10.0 Å². The Kier molecular flexibility index (Phi) is 5.47. The maximum absolute atomic E-state index is 13.1. The Morgan fingerprint density at radius 2 is 1.75 bits per heavy atom. The lowest BCUT2D eigenvalue weighted by atomic mass is 10.1. The highest BCUT2D eigenvalue weighted by molar-refractivity contribution is 7.89. The van der Waals surface area contributed by atoms with Crippen molar-refractivity contribution < 1.29 is 13.2 Å². The highest BCUT2D eigenvalue weighted by atomic mass is 32.2. The number of sulfonamides is 1. The van der Waals surface area contributed by atoms with Crippen molar-refractivity contribution in [1.82, 2.24) is 14.6 Å². The molecular weight excluding hydrogens is 374 g/mol. The predicted molar refractivity (Wildman–Crippen MR) is 110 cm³/mol. The highest BCUT2D eigenvalue weighted by Gasteiger charge is 2.26. The van der Waals surface area contributed by atoms with E-state index in [9.17, 15) is 13.2 Å². The maximum Gasteiger partial charge on any atom is 0.268 e. The second-order valence-corrected chi connectivity index (χ2v) is 10.0. The summed E-state index contributed by atoms with van der Waals surface area (Å²) in [6.45, 7) is 3.05. The number of H-pyrrole nitrogens is 1. The monoisotopic (exact) mass is 403 g/mol. The third-order valence-corrected chi connectivity index (χ3v) is 8.04. The number of aromatic amines is 1. The van der Waals surface area contributed by atoms with Gasteiger partial charge in [0, 0.05) is 30.0 Å². The first-order valence-corrected chi connectivity index (χ1v) is 11.8. The molecule has 28 heavy (non-hydrogen) atoms. The summed E-state index contributed by atoms with van der Waals surface area (Å²) >= 11 is 0. The Labute approximate surface area is 166 Å². The summed E-state index contributed by atoms with van der Waals surface area (Å²) in [6, 6.07) is 5.39. The predicted octanol–water partition coefficient (Wildman–Crippen LogP) is 3.71. The van der Waals surface area contributed by atoms with Crippen molar-refractivity contribution in [3.05, 3.63) is 29.5 Å². The number of aromatic nitrogens is 1. The largest absolute Gasteiger partial charge is 0.350 e. The van der Waals surface area contributed by atoms with E-state index in [1.54, 1.807) is 22.5 Å². The average molecular weight is 404 g/mol. The summed E-state index contributed by atoms with van der Waals surface area (Å²) in [5.74, 6) is -0.0995. The second kappa shape index (κ2) is 7.87. The van der Waals surface area contributed by atoms with Gasteiger partial charge < -0.3 is 10.3 Å². The molecule has 2 fully saturated rings. The van der Waals surface area contributed by atoms with Crippen LogP contribution in [0.4, 0.5) is 0 Å². The van der Waals surface area contributed by atoms with Gasteiger partial charge in [-0.3, -0.25) is 4.79 Å². The molecule has 1 aromatic carbocycles. The fourth-order valence-corrected chi connectivity index (χ4v) is 6.00. The van der Waals surface area contributed by atoms with Crippen molar-refractivity contribution in [2.45, 2.75) is 69.2 Å². The molecule has 2 heterocycles. The van der Waals surface area contributed by atoms with Gasteiger partial charge in [-0.15, -0.1) is 0 Å². The number of carbonyl (C=O) groups excluding carboxylic acids is 1. The van der Waals surface area contributed by atoms with Crippen molar-refractivity contribution >= 4 is 26.8 Å². The number of fused-ring (bicyclic) bond motifs is 1. The van der Waals surface area contributed by atoms with Gasteiger partial charge >= 0.3 is 0 Å². The van der Waals surface area contributed by atoms with Crippen LogP contribution in [0, 0.1) is 6.92 Å². The summed E-state index contributed by atoms with van der Waals surface area (Å²) < 4.78 is 27.8. The molecule has 1 saturated heterocycles. The molecule has 2 aliphatic rings. The Bertz CT molecular complexity index is 966. The minimum Gasteiger partial charge on any atom is -0.350 e. The Morgan fingerprint density at radius 1 is 1.07 bits per heavy atom. The van der Waals surface area contributed by atoms with Crippen molar-refractivity contribution in [1.29, 1.82) is 0 Å². The fourth-order valence-electron chi connectivity index (χ4n) is 4.45. The van der Waals surface area contributed by atoms with Gasteiger partial charge in [-0.05, 0) is 56.4 Å². The van der Waals surface area contributed by atoms with Gasteiger partial charge in [0.25, 0.3) is 5.91 Å². The van der Waals surface area contributed by atoms with E-state index in [0.717, 1.165) is 67.8 Å². The van der Waals surface area contributed by atoms with E-state index in [1.807, 2.05) is 6.92 Å². The third kappa shape index (κ3) is 3.70. The van der Waals surface area contributed by atoms with Crippen molar-refractivity contribution in [3.63, 3.8) is 0 Å². The van der Waals surface area contributed by atoms with E-state index in [2.05, 4.69) is 10.3 Å². The molecule has 0 radical (unpaired) electrons. The van der Waals surface area contributed by atoms with E-state index < -0.39 is 10.0 Å². The van der Waals surface area contributed by atoms with Crippen molar-refractivity contribution in [2.75, 3.05) is 13.1 Å². The van der Waals surface area contributed by atoms with Gasteiger partial charge in [0.2, 0.25) is 10.0 Å². The first-order valence-electron chi connectivity index (χ1n) is 10.4. The van der Waals surface area contributed by atoms with Gasteiger partial charge in [0.15, 0.2) is 0 Å². The number of aryl methyl sites for hydroxylation is 1. The molecular formula is C21H29N3O3S. The third-order valence-electron chi connectivity index (χ3n) is 6.15. The van der Waals surface area contributed by atoms with Crippen LogP contribution in [0.25, 0.3) is 10.9 Å². The number of hydrogen-bond donors (Lipinski definition) is 2. The Morgan fingerprint density at radius 3 is 2.43 bits per heavy atom. The number of benzene rings is 1. The summed E-state index contributed by atoms with van der Waals surface area (Å²) in [4.78, 5) is 16.2. The molecule has 0 atom stereocenters. The van der Waals surface area contributed by atoms with Crippen LogP contribution >= 0.6 is 0 Å². The molecule has 1 saturated carbocycles. The van der Waals surface area contributed by atoms with Crippen molar-refractivity contribution in [3.8, 4) is 0 Å². The average Bonchev–Trinajstić information content (AvgIpc) is 3.19. The summed E-state index contributed by atoms with van der Waals surface area (Å²) in [7, 11) is -3.50. The van der Waals surface area contributed by atoms with Gasteiger partial charge in [0.05, 0.1) is 4.90 Å². The van der Waals surface area contributed by atoms with Crippen LogP contribution in [0.3, 0.4) is 0 Å². The fraction of sp³-hybridized carbons (Fsp3) is 0.571. The van der Waals surface area contributed by atoms with E-state index >= 15 is 0 Å². The molecule has 2 N–H and O–H groups in total. The Balaban J connectivity index is 1.63. The van der Waals surface area contributed by atoms with Gasteiger partial charge in [-0.1, -0.05) is 25.7 Å². The smallest absolute Gasteiger partial charge is 0.268 e. The number of carbonyl (C=O) groups is 1. The van der Waals surface area contributed by atoms with Crippen LogP contribution < -0.4 is 5.32 Å². The quantitative estimate of drug-likeness (QED) is 0.816. The number of nitrogens with zero attached hydrogens (tertiary/aromatic N) is 1. The number of amides is 1. The normalized spacial score (nSPS) is 19.8. The first-order chi connectivity index (χ1) is 13.5. The molecule has 152 valence electrons. The Hall–Kier alpha value is -1.86. The van der Waals surface area contributed by atoms with Crippen LogP contribution in [0.15, 0.2) is 23.1 Å². The van der Waals surface area contributed by atoms with E-state index in [1.165, 1.54) is 0 Å². The van der Waals surface area contributed by atoms with Crippen LogP contribution in [-0.4, -0.2) is 42.7 Å². The molecule has 2 aromatic rings. The minimum absolute atomic E-state index is 0.0995. The summed E-state index contributed by atoms with van der Waals surface area (Å²) in [5, 5.41) is 3.90. The SMILES string of the molecule is Cc1c(C(=O)NC2CCCC2)[nH]c2ccc(S(=O)(=O)N3CCCCCC3)cc12. The van der Waals surface area contributed by atoms with E-state index in [-0.39, 0.29) is 11.9 Å².